The molecule has 1 rings (SSSR count). The third-order valence-corrected chi connectivity index (χ3v) is 2.98. The first kappa shape index (κ1) is 12.5. The summed E-state index contributed by atoms with van der Waals surface area (Å²) in [6.45, 7) is 1.65. The van der Waals surface area contributed by atoms with Gasteiger partial charge in [0, 0.05) is 23.5 Å². The highest BCUT2D eigenvalue weighted by molar-refractivity contribution is 7.11. The van der Waals surface area contributed by atoms with E-state index in [4.69, 9.17) is 10.5 Å². The Balaban J connectivity index is 2.26. The van der Waals surface area contributed by atoms with Gasteiger partial charge in [-0.1, -0.05) is 0 Å². The fourth-order valence-corrected chi connectivity index (χ4v) is 1.84. The summed E-state index contributed by atoms with van der Waals surface area (Å²) in [7, 11) is 0. The topological polar surface area (TPSA) is 48.1 Å². The van der Waals surface area contributed by atoms with Gasteiger partial charge in [0.05, 0.1) is 11.6 Å². The van der Waals surface area contributed by atoms with E-state index < -0.39 is 13.0 Å². The Morgan fingerprint density at radius 1 is 1.60 bits per heavy atom. The molecule has 0 aliphatic carbocycles. The molecule has 1 aromatic rings. The first-order chi connectivity index (χ1) is 7.09. The lowest BCUT2D eigenvalue weighted by atomic mass is 10.3. The average Bonchev–Trinajstić information content (AvgIpc) is 2.60. The van der Waals surface area contributed by atoms with Gasteiger partial charge in [0.15, 0.2) is 0 Å². The SMILES string of the molecule is CC(N)c1cnc(CCOCC(F)F)s1. The maximum absolute atomic E-state index is 11.7. The van der Waals surface area contributed by atoms with Crippen LogP contribution in [0.1, 0.15) is 22.9 Å². The Kier molecular flexibility index (Phi) is 5.07. The number of hydrogen-bond donors (Lipinski definition) is 1. The number of nitrogens with zero attached hydrogens (tertiary/aromatic N) is 1. The van der Waals surface area contributed by atoms with Crippen LogP contribution in [0.4, 0.5) is 8.78 Å². The Bertz CT molecular complexity index is 291. The molecule has 0 aliphatic heterocycles. The van der Waals surface area contributed by atoms with E-state index in [2.05, 4.69) is 4.98 Å². The molecule has 0 saturated carbocycles. The molecule has 2 N–H and O–H groups in total. The number of nitrogens with two attached hydrogens (primary N) is 1. The van der Waals surface area contributed by atoms with Gasteiger partial charge in [-0.2, -0.15) is 0 Å². The minimum atomic E-state index is -2.40. The van der Waals surface area contributed by atoms with Crippen LogP contribution in [-0.2, 0) is 11.2 Å². The minimum absolute atomic E-state index is 0.0294. The third kappa shape index (κ3) is 4.63. The van der Waals surface area contributed by atoms with Gasteiger partial charge in [-0.3, -0.25) is 0 Å². The van der Waals surface area contributed by atoms with Gasteiger partial charge in [0.1, 0.15) is 6.61 Å². The minimum Gasteiger partial charge on any atom is -0.375 e. The number of ether oxygens (including phenoxy) is 1. The zero-order valence-corrected chi connectivity index (χ0v) is 9.27. The van der Waals surface area contributed by atoms with Gasteiger partial charge in [-0.25, -0.2) is 13.8 Å². The van der Waals surface area contributed by atoms with Gasteiger partial charge in [0.2, 0.25) is 0 Å². The van der Waals surface area contributed by atoms with Crippen LogP contribution in [0.25, 0.3) is 0 Å². The summed E-state index contributed by atoms with van der Waals surface area (Å²) in [5, 5.41) is 0.872. The largest absolute Gasteiger partial charge is 0.375 e. The maximum Gasteiger partial charge on any atom is 0.261 e. The summed E-state index contributed by atoms with van der Waals surface area (Å²) >= 11 is 1.50. The molecule has 0 amide bonds. The molecule has 1 heterocycles. The van der Waals surface area contributed by atoms with Crippen molar-refractivity contribution in [3.8, 4) is 0 Å². The smallest absolute Gasteiger partial charge is 0.261 e. The summed E-state index contributed by atoms with van der Waals surface area (Å²) < 4.78 is 28.2. The predicted molar refractivity (Wildman–Crippen MR) is 55.2 cm³/mol. The lowest BCUT2D eigenvalue weighted by molar-refractivity contribution is 0.0187. The second-order valence-corrected chi connectivity index (χ2v) is 4.31. The van der Waals surface area contributed by atoms with Gasteiger partial charge in [0.25, 0.3) is 6.43 Å². The summed E-state index contributed by atoms with van der Waals surface area (Å²) in [6.07, 6.45) is -0.122. The number of hydrogen-bond acceptors (Lipinski definition) is 4. The zero-order chi connectivity index (χ0) is 11.3. The van der Waals surface area contributed by atoms with Crippen molar-refractivity contribution < 1.29 is 13.5 Å². The van der Waals surface area contributed by atoms with E-state index in [1.807, 2.05) is 6.92 Å². The summed E-state index contributed by atoms with van der Waals surface area (Å²) in [5.74, 6) is 0. The van der Waals surface area contributed by atoms with E-state index in [1.165, 1.54) is 11.3 Å². The van der Waals surface area contributed by atoms with Gasteiger partial charge < -0.3 is 10.5 Å². The molecule has 0 bridgehead atoms. The molecule has 1 aromatic heterocycles. The van der Waals surface area contributed by atoms with Crippen LogP contribution in [0.2, 0.25) is 0 Å². The van der Waals surface area contributed by atoms with E-state index in [0.717, 1.165) is 9.88 Å². The fraction of sp³-hybridized carbons (Fsp3) is 0.667. The Morgan fingerprint density at radius 3 is 2.87 bits per heavy atom. The number of rotatable bonds is 6. The summed E-state index contributed by atoms with van der Waals surface area (Å²) in [4.78, 5) is 5.12. The second-order valence-electron chi connectivity index (χ2n) is 3.16. The molecule has 6 heteroatoms. The van der Waals surface area contributed by atoms with Gasteiger partial charge >= 0.3 is 0 Å². The van der Waals surface area contributed by atoms with Crippen molar-refractivity contribution in [2.75, 3.05) is 13.2 Å². The third-order valence-electron chi connectivity index (χ3n) is 1.72. The fourth-order valence-electron chi connectivity index (χ4n) is 0.982. The van der Waals surface area contributed by atoms with E-state index >= 15 is 0 Å². The highest BCUT2D eigenvalue weighted by atomic mass is 32.1. The van der Waals surface area contributed by atoms with Crippen molar-refractivity contribution in [2.24, 2.45) is 5.73 Å². The Morgan fingerprint density at radius 2 is 2.33 bits per heavy atom. The van der Waals surface area contributed by atoms with Crippen LogP contribution < -0.4 is 5.73 Å². The van der Waals surface area contributed by atoms with Crippen LogP contribution in [-0.4, -0.2) is 24.6 Å². The lowest BCUT2D eigenvalue weighted by Crippen LogP contribution is -2.06. The van der Waals surface area contributed by atoms with Crippen LogP contribution in [0, 0.1) is 0 Å². The molecule has 0 fully saturated rings. The van der Waals surface area contributed by atoms with E-state index in [9.17, 15) is 8.78 Å². The van der Waals surface area contributed by atoms with E-state index in [-0.39, 0.29) is 12.6 Å². The van der Waals surface area contributed by atoms with Crippen molar-refractivity contribution in [2.45, 2.75) is 25.8 Å². The highest BCUT2D eigenvalue weighted by Crippen LogP contribution is 2.18. The van der Waals surface area contributed by atoms with Crippen molar-refractivity contribution in [1.29, 1.82) is 0 Å². The second kappa shape index (κ2) is 6.09. The zero-order valence-electron chi connectivity index (χ0n) is 8.45. The van der Waals surface area contributed by atoms with Crippen LogP contribution in [0.5, 0.6) is 0 Å². The lowest BCUT2D eigenvalue weighted by Gasteiger charge is -2.01. The molecule has 0 saturated heterocycles. The number of aromatic nitrogens is 1. The van der Waals surface area contributed by atoms with Crippen molar-refractivity contribution in [3.05, 3.63) is 16.1 Å². The number of thiazole rings is 1. The molecule has 3 nitrogen and oxygen atoms in total. The van der Waals surface area contributed by atoms with Crippen molar-refractivity contribution in [3.63, 3.8) is 0 Å². The summed E-state index contributed by atoms with van der Waals surface area (Å²) in [6, 6.07) is -0.0294. The molecular weight excluding hydrogens is 222 g/mol. The normalized spacial score (nSPS) is 13.4. The van der Waals surface area contributed by atoms with Crippen LogP contribution >= 0.6 is 11.3 Å². The Hall–Kier alpha value is -0.590. The molecule has 1 atom stereocenters. The first-order valence-corrected chi connectivity index (χ1v) is 5.47. The molecule has 15 heavy (non-hydrogen) atoms. The molecule has 0 aromatic carbocycles. The Labute approximate surface area is 91.3 Å². The van der Waals surface area contributed by atoms with Crippen LogP contribution in [0.15, 0.2) is 6.20 Å². The van der Waals surface area contributed by atoms with Crippen molar-refractivity contribution >= 4 is 11.3 Å². The highest BCUT2D eigenvalue weighted by Gasteiger charge is 2.06. The van der Waals surface area contributed by atoms with Crippen molar-refractivity contribution in [1.82, 2.24) is 4.98 Å². The predicted octanol–water partition coefficient (Wildman–Crippen LogP) is 1.99. The standard InChI is InChI=1S/C9H14F2N2OS/c1-6(12)7-4-13-9(15-7)2-3-14-5-8(10)11/h4,6,8H,2-3,5,12H2,1H3. The van der Waals surface area contributed by atoms with E-state index in [0.29, 0.717) is 6.42 Å². The van der Waals surface area contributed by atoms with Gasteiger partial charge in [-0.15, -0.1) is 11.3 Å². The maximum atomic E-state index is 11.7. The molecule has 1 unspecified atom stereocenters. The average molecular weight is 236 g/mol. The van der Waals surface area contributed by atoms with Gasteiger partial charge in [-0.05, 0) is 6.92 Å². The molecule has 0 aliphatic rings. The summed E-state index contributed by atoms with van der Waals surface area (Å²) in [5.41, 5.74) is 5.66. The number of halogens is 2. The van der Waals surface area contributed by atoms with E-state index in [1.54, 1.807) is 6.20 Å². The monoisotopic (exact) mass is 236 g/mol. The molecule has 0 radical (unpaired) electrons. The first-order valence-electron chi connectivity index (χ1n) is 4.65. The quantitative estimate of drug-likeness (QED) is 0.768. The molecule has 86 valence electrons. The molecule has 0 spiro atoms. The molecular formula is C9H14F2N2OS. The van der Waals surface area contributed by atoms with Crippen LogP contribution in [0.3, 0.4) is 0 Å². The number of alkyl halides is 2.